The van der Waals surface area contributed by atoms with E-state index >= 15 is 0 Å². The second kappa shape index (κ2) is 11.0. The van der Waals surface area contributed by atoms with Gasteiger partial charge in [0.1, 0.15) is 0 Å². The van der Waals surface area contributed by atoms with Gasteiger partial charge in [0.05, 0.1) is 26.7 Å². The van der Waals surface area contributed by atoms with Crippen LogP contribution in [-0.4, -0.2) is 68.0 Å². The first kappa shape index (κ1) is 20.4. The third-order valence-corrected chi connectivity index (χ3v) is 3.25. The lowest BCUT2D eigenvalue weighted by molar-refractivity contribution is -0.138. The second-order valence-corrected chi connectivity index (χ2v) is 5.07. The summed E-state index contributed by atoms with van der Waals surface area (Å²) in [4.78, 5) is 57.4. The highest BCUT2D eigenvalue weighted by Gasteiger charge is 2.28. The molecule has 140 valence electrons. The number of imide groups is 1. The molecule has 1 aliphatic rings. The number of ether oxygens (including phenoxy) is 2. The number of likely N-dealkylation sites (tertiary alicyclic amines) is 1. The molecule has 0 aromatic carbocycles. The monoisotopic (exact) mass is 358 g/mol. The minimum absolute atomic E-state index is 0.0249. The Balaban J connectivity index is 1.99. The highest BCUT2D eigenvalue weighted by Crippen LogP contribution is 2.11. The van der Waals surface area contributed by atoms with Crippen LogP contribution in [0.2, 0.25) is 0 Å². The maximum Gasteiger partial charge on any atom is 0.425 e. The molecule has 0 aromatic rings. The zero-order chi connectivity index (χ0) is 18.7. The fourth-order valence-electron chi connectivity index (χ4n) is 1.94. The van der Waals surface area contributed by atoms with Crippen molar-refractivity contribution in [1.29, 1.82) is 0 Å². The molecule has 1 heterocycles. The van der Waals surface area contributed by atoms with Gasteiger partial charge in [-0.2, -0.15) is 0 Å². The van der Waals surface area contributed by atoms with E-state index in [0.29, 0.717) is 0 Å². The SMILES string of the molecule is COC(=O)NNC(=O)CCOCCNC(=O)CCN1C(=O)CCC1=O. The highest BCUT2D eigenvalue weighted by atomic mass is 16.5. The average molecular weight is 358 g/mol. The molecule has 0 saturated carbocycles. The van der Waals surface area contributed by atoms with E-state index in [9.17, 15) is 24.0 Å². The lowest BCUT2D eigenvalue weighted by Crippen LogP contribution is -2.41. The summed E-state index contributed by atoms with van der Waals surface area (Å²) in [6.07, 6.45) is -0.307. The third-order valence-electron chi connectivity index (χ3n) is 3.25. The van der Waals surface area contributed by atoms with Crippen LogP contribution < -0.4 is 16.2 Å². The fourth-order valence-corrected chi connectivity index (χ4v) is 1.94. The Morgan fingerprint density at radius 2 is 1.68 bits per heavy atom. The van der Waals surface area contributed by atoms with Crippen molar-refractivity contribution in [2.75, 3.05) is 33.4 Å². The van der Waals surface area contributed by atoms with Crippen molar-refractivity contribution in [2.45, 2.75) is 25.7 Å². The molecule has 1 fully saturated rings. The predicted molar refractivity (Wildman–Crippen MR) is 82.7 cm³/mol. The quantitative estimate of drug-likeness (QED) is 0.257. The lowest BCUT2D eigenvalue weighted by atomic mass is 10.3. The first-order chi connectivity index (χ1) is 11.9. The Morgan fingerprint density at radius 3 is 2.32 bits per heavy atom. The smallest absolute Gasteiger partial charge is 0.425 e. The molecule has 25 heavy (non-hydrogen) atoms. The molecule has 11 heteroatoms. The Hall–Kier alpha value is -2.69. The Kier molecular flexibility index (Phi) is 8.93. The molecule has 11 nitrogen and oxygen atoms in total. The number of amides is 5. The zero-order valence-corrected chi connectivity index (χ0v) is 14.0. The van der Waals surface area contributed by atoms with Gasteiger partial charge in [-0.25, -0.2) is 10.2 Å². The van der Waals surface area contributed by atoms with Crippen LogP contribution in [0.3, 0.4) is 0 Å². The number of nitrogens with zero attached hydrogens (tertiary/aromatic N) is 1. The molecule has 5 amide bonds. The summed E-state index contributed by atoms with van der Waals surface area (Å²) in [6.45, 7) is 0.632. The number of methoxy groups -OCH3 is 1. The van der Waals surface area contributed by atoms with E-state index in [0.717, 1.165) is 4.90 Å². The molecule has 3 N–H and O–H groups in total. The summed E-state index contributed by atoms with van der Waals surface area (Å²) in [5.74, 6) is -1.24. The van der Waals surface area contributed by atoms with E-state index in [2.05, 4.69) is 15.5 Å². The van der Waals surface area contributed by atoms with Gasteiger partial charge >= 0.3 is 6.09 Å². The van der Waals surface area contributed by atoms with Gasteiger partial charge in [0.2, 0.25) is 23.6 Å². The molecule has 0 atom stereocenters. The minimum Gasteiger partial charge on any atom is -0.452 e. The van der Waals surface area contributed by atoms with Gasteiger partial charge in [-0.05, 0) is 0 Å². The van der Waals surface area contributed by atoms with Gasteiger partial charge in [0, 0.05) is 32.4 Å². The van der Waals surface area contributed by atoms with Crippen LogP contribution in [-0.2, 0) is 28.7 Å². The van der Waals surface area contributed by atoms with Gasteiger partial charge in [-0.15, -0.1) is 0 Å². The number of rotatable bonds is 9. The van der Waals surface area contributed by atoms with E-state index in [1.807, 2.05) is 5.43 Å². The van der Waals surface area contributed by atoms with Gasteiger partial charge in [-0.1, -0.05) is 0 Å². The van der Waals surface area contributed by atoms with Gasteiger partial charge in [-0.3, -0.25) is 29.5 Å². The largest absolute Gasteiger partial charge is 0.452 e. The molecular formula is C14H22N4O7. The standard InChI is InChI=1S/C14H22N4O7/c1-24-14(23)17-16-11(20)5-8-25-9-6-15-10(19)4-7-18-12(21)2-3-13(18)22/h2-9H2,1H3,(H,15,19)(H,16,20)(H,17,23). The van der Waals surface area contributed by atoms with E-state index in [1.165, 1.54) is 7.11 Å². The molecule has 0 bridgehead atoms. The number of hydrogen-bond donors (Lipinski definition) is 3. The number of hydrazine groups is 1. The van der Waals surface area contributed by atoms with Crippen molar-refractivity contribution < 1.29 is 33.4 Å². The molecule has 1 aliphatic heterocycles. The van der Waals surface area contributed by atoms with Crippen molar-refractivity contribution in [3.63, 3.8) is 0 Å². The number of nitrogens with one attached hydrogen (secondary N) is 3. The van der Waals surface area contributed by atoms with Crippen LogP contribution in [0.4, 0.5) is 4.79 Å². The molecule has 1 rings (SSSR count). The van der Waals surface area contributed by atoms with E-state index in [-0.39, 0.29) is 69.7 Å². The van der Waals surface area contributed by atoms with Gasteiger partial charge < -0.3 is 14.8 Å². The second-order valence-electron chi connectivity index (χ2n) is 5.07. The Morgan fingerprint density at radius 1 is 1.00 bits per heavy atom. The summed E-state index contributed by atoms with van der Waals surface area (Å²) in [7, 11) is 1.17. The molecular weight excluding hydrogens is 336 g/mol. The Bertz CT molecular complexity index is 507. The Labute approximate surface area is 144 Å². The summed E-state index contributed by atoms with van der Waals surface area (Å²) in [5, 5.41) is 2.58. The van der Waals surface area contributed by atoms with Crippen molar-refractivity contribution >= 4 is 29.7 Å². The highest BCUT2D eigenvalue weighted by molar-refractivity contribution is 6.02. The summed E-state index contributed by atoms with van der Waals surface area (Å²) < 4.78 is 9.43. The first-order valence-corrected chi connectivity index (χ1v) is 7.74. The molecule has 0 unspecified atom stereocenters. The van der Waals surface area contributed by atoms with Crippen LogP contribution in [0.15, 0.2) is 0 Å². The normalized spacial score (nSPS) is 13.6. The molecule has 0 aliphatic carbocycles. The van der Waals surface area contributed by atoms with Crippen LogP contribution in [0.25, 0.3) is 0 Å². The summed E-state index contributed by atoms with van der Waals surface area (Å²) >= 11 is 0. The fraction of sp³-hybridized carbons (Fsp3) is 0.643. The van der Waals surface area contributed by atoms with Crippen LogP contribution >= 0.6 is 0 Å². The van der Waals surface area contributed by atoms with Gasteiger partial charge in [0.15, 0.2) is 0 Å². The summed E-state index contributed by atoms with van der Waals surface area (Å²) in [5.41, 5.74) is 4.14. The number of hydrogen-bond acceptors (Lipinski definition) is 7. The van der Waals surface area contributed by atoms with Crippen molar-refractivity contribution in [3.05, 3.63) is 0 Å². The molecule has 1 saturated heterocycles. The van der Waals surface area contributed by atoms with Crippen LogP contribution in [0, 0.1) is 0 Å². The lowest BCUT2D eigenvalue weighted by Gasteiger charge is -2.13. The minimum atomic E-state index is -0.783. The third kappa shape index (κ3) is 8.11. The summed E-state index contributed by atoms with van der Waals surface area (Å²) in [6, 6.07) is 0. The van der Waals surface area contributed by atoms with Crippen molar-refractivity contribution in [1.82, 2.24) is 21.1 Å². The van der Waals surface area contributed by atoms with Crippen LogP contribution in [0.1, 0.15) is 25.7 Å². The number of carbonyl (C=O) groups is 5. The maximum atomic E-state index is 11.6. The van der Waals surface area contributed by atoms with Crippen molar-refractivity contribution in [2.24, 2.45) is 0 Å². The first-order valence-electron chi connectivity index (χ1n) is 7.74. The van der Waals surface area contributed by atoms with E-state index in [1.54, 1.807) is 0 Å². The van der Waals surface area contributed by atoms with E-state index in [4.69, 9.17) is 4.74 Å². The molecule has 0 radical (unpaired) electrons. The van der Waals surface area contributed by atoms with Crippen LogP contribution in [0.5, 0.6) is 0 Å². The van der Waals surface area contributed by atoms with E-state index < -0.39 is 12.0 Å². The molecule has 0 spiro atoms. The molecule has 0 aromatic heterocycles. The zero-order valence-electron chi connectivity index (χ0n) is 14.0. The topological polar surface area (TPSA) is 143 Å². The average Bonchev–Trinajstić information content (AvgIpc) is 2.91. The number of carbonyl (C=O) groups excluding carboxylic acids is 5. The van der Waals surface area contributed by atoms with Crippen molar-refractivity contribution in [3.8, 4) is 0 Å². The maximum absolute atomic E-state index is 11.6. The van der Waals surface area contributed by atoms with Gasteiger partial charge in [0.25, 0.3) is 0 Å². The predicted octanol–water partition coefficient (Wildman–Crippen LogP) is -1.56.